The van der Waals surface area contributed by atoms with Gasteiger partial charge in [0.15, 0.2) is 5.79 Å². The highest BCUT2D eigenvalue weighted by Crippen LogP contribution is 2.41. The molecule has 106 valence electrons. The topological polar surface area (TPSA) is 54.3 Å². The van der Waals surface area contributed by atoms with Gasteiger partial charge in [0.25, 0.3) is 0 Å². The first-order chi connectivity index (χ1) is 9.65. The minimum Gasteiger partial charge on any atom is -0.367 e. The average Bonchev–Trinajstić information content (AvgIpc) is 2.91. The van der Waals surface area contributed by atoms with Crippen molar-refractivity contribution in [3.8, 4) is 6.07 Å². The number of hydrogen-bond donors (Lipinski definition) is 1. The lowest BCUT2D eigenvalue weighted by atomic mass is 9.79. The van der Waals surface area contributed by atoms with Gasteiger partial charge in [-0.15, -0.1) is 0 Å². The lowest BCUT2D eigenvalue weighted by molar-refractivity contribution is -0.180. The fourth-order valence-electron chi connectivity index (χ4n) is 2.95. The van der Waals surface area contributed by atoms with E-state index < -0.39 is 11.3 Å². The van der Waals surface area contributed by atoms with Gasteiger partial charge in [-0.3, -0.25) is 0 Å². The SMILES string of the molecule is N#CC1(Nc2cccc(Br)c2)CCC2(CC1)OCCO2. The van der Waals surface area contributed by atoms with E-state index in [2.05, 4.69) is 27.3 Å². The van der Waals surface area contributed by atoms with Crippen LogP contribution >= 0.6 is 15.9 Å². The smallest absolute Gasteiger partial charge is 0.168 e. The van der Waals surface area contributed by atoms with Gasteiger partial charge < -0.3 is 14.8 Å². The van der Waals surface area contributed by atoms with Gasteiger partial charge in [-0.25, -0.2) is 0 Å². The number of ether oxygens (including phenoxy) is 2. The van der Waals surface area contributed by atoms with Crippen LogP contribution in [0.2, 0.25) is 0 Å². The van der Waals surface area contributed by atoms with Gasteiger partial charge in [-0.2, -0.15) is 5.26 Å². The Morgan fingerprint density at radius 3 is 2.45 bits per heavy atom. The highest BCUT2D eigenvalue weighted by atomic mass is 79.9. The first-order valence-electron chi connectivity index (χ1n) is 6.88. The molecule has 4 nitrogen and oxygen atoms in total. The first kappa shape index (κ1) is 13.9. The summed E-state index contributed by atoms with van der Waals surface area (Å²) in [5.74, 6) is -0.431. The molecule has 0 aromatic heterocycles. The van der Waals surface area contributed by atoms with E-state index in [1.165, 1.54) is 0 Å². The van der Waals surface area contributed by atoms with E-state index in [0.29, 0.717) is 13.2 Å². The van der Waals surface area contributed by atoms with Crippen molar-refractivity contribution in [3.63, 3.8) is 0 Å². The van der Waals surface area contributed by atoms with Gasteiger partial charge >= 0.3 is 0 Å². The van der Waals surface area contributed by atoms with E-state index in [-0.39, 0.29) is 0 Å². The number of rotatable bonds is 2. The molecule has 1 spiro atoms. The van der Waals surface area contributed by atoms with Crippen molar-refractivity contribution in [2.24, 2.45) is 0 Å². The maximum Gasteiger partial charge on any atom is 0.168 e. The fraction of sp³-hybridized carbons (Fsp3) is 0.533. The number of halogens is 1. The minimum absolute atomic E-state index is 0.431. The average molecular weight is 337 g/mol. The normalized spacial score (nSPS) is 23.4. The van der Waals surface area contributed by atoms with Crippen LogP contribution in [-0.2, 0) is 9.47 Å². The predicted octanol–water partition coefficient (Wildman–Crippen LogP) is 3.44. The van der Waals surface area contributed by atoms with E-state index in [0.717, 1.165) is 35.8 Å². The summed E-state index contributed by atoms with van der Waals surface area (Å²) in [5.41, 5.74) is 0.437. The van der Waals surface area contributed by atoms with Crippen molar-refractivity contribution in [1.29, 1.82) is 5.26 Å². The van der Waals surface area contributed by atoms with E-state index in [1.807, 2.05) is 24.3 Å². The van der Waals surface area contributed by atoms with Crippen molar-refractivity contribution >= 4 is 21.6 Å². The Kier molecular flexibility index (Phi) is 3.72. The summed E-state index contributed by atoms with van der Waals surface area (Å²) in [6.07, 6.45) is 3.00. The molecule has 0 bridgehead atoms. The van der Waals surface area contributed by atoms with Crippen LogP contribution in [0.5, 0.6) is 0 Å². The highest BCUT2D eigenvalue weighted by molar-refractivity contribution is 9.10. The van der Waals surface area contributed by atoms with Crippen LogP contribution in [0.25, 0.3) is 0 Å². The molecule has 1 aromatic rings. The lowest BCUT2D eigenvalue weighted by Gasteiger charge is -2.40. The number of hydrogen-bond acceptors (Lipinski definition) is 4. The van der Waals surface area contributed by atoms with Crippen LogP contribution in [0.15, 0.2) is 28.7 Å². The van der Waals surface area contributed by atoms with Crippen molar-refractivity contribution in [3.05, 3.63) is 28.7 Å². The molecule has 20 heavy (non-hydrogen) atoms. The van der Waals surface area contributed by atoms with E-state index in [1.54, 1.807) is 0 Å². The molecule has 3 rings (SSSR count). The summed E-state index contributed by atoms with van der Waals surface area (Å²) in [6.45, 7) is 1.33. The Morgan fingerprint density at radius 1 is 1.15 bits per heavy atom. The van der Waals surface area contributed by atoms with Crippen LogP contribution in [0.1, 0.15) is 25.7 Å². The monoisotopic (exact) mass is 336 g/mol. The molecular weight excluding hydrogens is 320 g/mol. The van der Waals surface area contributed by atoms with Crippen molar-refractivity contribution < 1.29 is 9.47 Å². The summed E-state index contributed by atoms with van der Waals surface area (Å²) in [6, 6.07) is 10.4. The zero-order valence-corrected chi connectivity index (χ0v) is 12.8. The van der Waals surface area contributed by atoms with Crippen LogP contribution in [0, 0.1) is 11.3 Å². The van der Waals surface area contributed by atoms with Crippen LogP contribution in [-0.4, -0.2) is 24.5 Å². The third kappa shape index (κ3) is 2.69. The molecule has 1 aliphatic carbocycles. The Bertz CT molecular complexity index is 525. The quantitative estimate of drug-likeness (QED) is 0.898. The van der Waals surface area contributed by atoms with E-state index >= 15 is 0 Å². The molecule has 1 N–H and O–H groups in total. The maximum atomic E-state index is 9.60. The zero-order chi connectivity index (χ0) is 14.1. The largest absolute Gasteiger partial charge is 0.367 e. The number of nitriles is 1. The van der Waals surface area contributed by atoms with Gasteiger partial charge in [0, 0.05) is 23.0 Å². The number of benzene rings is 1. The van der Waals surface area contributed by atoms with Gasteiger partial charge in [-0.1, -0.05) is 22.0 Å². The molecule has 0 amide bonds. The predicted molar refractivity (Wildman–Crippen MR) is 79.2 cm³/mol. The zero-order valence-electron chi connectivity index (χ0n) is 11.2. The molecule has 1 heterocycles. The Labute approximate surface area is 127 Å². The molecule has 1 aromatic carbocycles. The van der Waals surface area contributed by atoms with Crippen LogP contribution < -0.4 is 5.32 Å². The second-order valence-corrected chi connectivity index (χ2v) is 6.35. The molecule has 1 saturated carbocycles. The summed E-state index contributed by atoms with van der Waals surface area (Å²) >= 11 is 3.45. The first-order valence-corrected chi connectivity index (χ1v) is 7.68. The molecule has 2 fully saturated rings. The second-order valence-electron chi connectivity index (χ2n) is 5.44. The van der Waals surface area contributed by atoms with E-state index in [9.17, 15) is 5.26 Å². The number of nitrogens with one attached hydrogen (secondary N) is 1. The van der Waals surface area contributed by atoms with Crippen LogP contribution in [0.3, 0.4) is 0 Å². The third-order valence-electron chi connectivity index (χ3n) is 4.10. The van der Waals surface area contributed by atoms with Gasteiger partial charge in [-0.05, 0) is 31.0 Å². The molecule has 0 unspecified atom stereocenters. The van der Waals surface area contributed by atoms with Crippen LogP contribution in [0.4, 0.5) is 5.69 Å². The lowest BCUT2D eigenvalue weighted by Crippen LogP contribution is -2.47. The summed E-state index contributed by atoms with van der Waals surface area (Å²) in [4.78, 5) is 0. The summed E-state index contributed by atoms with van der Waals surface area (Å²) in [5, 5.41) is 13.0. The minimum atomic E-state index is -0.526. The fourth-order valence-corrected chi connectivity index (χ4v) is 3.35. The van der Waals surface area contributed by atoms with Crippen molar-refractivity contribution in [2.75, 3.05) is 18.5 Å². The Hall–Kier alpha value is -1.09. The molecule has 5 heteroatoms. The number of nitrogens with zero attached hydrogens (tertiary/aromatic N) is 1. The molecule has 1 saturated heterocycles. The van der Waals surface area contributed by atoms with Gasteiger partial charge in [0.2, 0.25) is 0 Å². The molecule has 0 radical (unpaired) electrons. The Morgan fingerprint density at radius 2 is 1.85 bits per heavy atom. The van der Waals surface area contributed by atoms with Gasteiger partial charge in [0.05, 0.1) is 19.3 Å². The molecular formula is C15H17BrN2O2. The van der Waals surface area contributed by atoms with E-state index in [4.69, 9.17) is 9.47 Å². The molecule has 0 atom stereocenters. The summed E-state index contributed by atoms with van der Waals surface area (Å²) in [7, 11) is 0. The molecule has 2 aliphatic rings. The summed E-state index contributed by atoms with van der Waals surface area (Å²) < 4.78 is 12.4. The maximum absolute atomic E-state index is 9.60. The molecule has 1 aliphatic heterocycles. The highest BCUT2D eigenvalue weighted by Gasteiger charge is 2.46. The van der Waals surface area contributed by atoms with Crippen molar-refractivity contribution in [1.82, 2.24) is 0 Å². The second kappa shape index (κ2) is 5.36. The number of anilines is 1. The van der Waals surface area contributed by atoms with Crippen molar-refractivity contribution in [2.45, 2.75) is 37.0 Å². The Balaban J connectivity index is 1.72. The third-order valence-corrected chi connectivity index (χ3v) is 4.59. The van der Waals surface area contributed by atoms with Gasteiger partial charge in [0.1, 0.15) is 5.54 Å². The standard InChI is InChI=1S/C15H17BrN2O2/c16-12-2-1-3-13(10-12)18-14(11-17)4-6-15(7-5-14)19-8-9-20-15/h1-3,10,18H,4-9H2.